The Balaban J connectivity index is 3.01. The van der Waals surface area contributed by atoms with Gasteiger partial charge in [0.05, 0.1) is 5.69 Å². The van der Waals surface area contributed by atoms with Crippen LogP contribution in [0.1, 0.15) is 38.1 Å². The van der Waals surface area contributed by atoms with Gasteiger partial charge in [-0.1, -0.05) is 36.7 Å². The third kappa shape index (κ3) is 3.66. The van der Waals surface area contributed by atoms with E-state index in [4.69, 9.17) is 0 Å². The molecule has 0 aliphatic rings. The zero-order valence-electron chi connectivity index (χ0n) is 9.79. The Morgan fingerprint density at radius 1 is 1.12 bits per heavy atom. The first kappa shape index (κ1) is 14.4. The van der Waals surface area contributed by atoms with E-state index in [0.29, 0.717) is 5.69 Å². The Kier molecular flexibility index (Phi) is 4.52. The van der Waals surface area contributed by atoms with Crippen LogP contribution >= 0.6 is 15.9 Å². The first-order valence-corrected chi connectivity index (χ1v) is 6.20. The van der Waals surface area contributed by atoms with Crippen LogP contribution in [0.25, 0.3) is 0 Å². The Hall–Kier alpha value is -0.650. The fraction of sp³-hybridized carbons (Fsp3) is 0.636. The maximum Gasteiger partial charge on any atom is 0.435 e. The highest BCUT2D eigenvalue weighted by atomic mass is 79.9. The van der Waals surface area contributed by atoms with E-state index >= 15 is 0 Å². The van der Waals surface area contributed by atoms with E-state index < -0.39 is 11.9 Å². The molecule has 0 aliphatic carbocycles. The predicted molar refractivity (Wildman–Crippen MR) is 63.0 cm³/mol. The molecule has 1 aromatic rings. The molecule has 0 aliphatic heterocycles. The molecule has 0 fully saturated rings. The summed E-state index contributed by atoms with van der Waals surface area (Å²) in [7, 11) is 0. The van der Waals surface area contributed by atoms with Gasteiger partial charge in [0.25, 0.3) is 0 Å². The lowest BCUT2D eigenvalue weighted by Gasteiger charge is -2.22. The van der Waals surface area contributed by atoms with Crippen LogP contribution in [-0.2, 0) is 6.18 Å². The second-order valence-corrected chi connectivity index (χ2v) is 5.73. The molecule has 1 aromatic heterocycles. The number of hydrogen-bond acceptors (Lipinski definition) is 2. The summed E-state index contributed by atoms with van der Waals surface area (Å²) in [5.74, 6) is 0.320. The molecule has 96 valence electrons. The Labute approximate surface area is 107 Å². The topological polar surface area (TPSA) is 25.8 Å². The second-order valence-electron chi connectivity index (χ2n) is 4.29. The summed E-state index contributed by atoms with van der Waals surface area (Å²) in [4.78, 5) is 0.133. The van der Waals surface area contributed by atoms with Crippen LogP contribution < -0.4 is 0 Å². The lowest BCUT2D eigenvalue weighted by molar-refractivity contribution is -0.141. The molecular formula is C11H14BrF3N2. The van der Waals surface area contributed by atoms with Crippen LogP contribution in [-0.4, -0.2) is 15.0 Å². The highest BCUT2D eigenvalue weighted by Gasteiger charge is 2.33. The second kappa shape index (κ2) is 5.33. The molecule has 0 radical (unpaired) electrons. The molecule has 0 bridgehead atoms. The summed E-state index contributed by atoms with van der Waals surface area (Å²) < 4.78 is 37.0. The summed E-state index contributed by atoms with van der Waals surface area (Å²) in [5.41, 5.74) is -0.372. The van der Waals surface area contributed by atoms with Crippen molar-refractivity contribution in [1.82, 2.24) is 10.2 Å². The molecule has 0 N–H and O–H groups in total. The van der Waals surface area contributed by atoms with Crippen molar-refractivity contribution in [1.29, 1.82) is 0 Å². The Morgan fingerprint density at radius 3 is 2.00 bits per heavy atom. The number of halogens is 4. The number of aromatic nitrogens is 2. The van der Waals surface area contributed by atoms with E-state index in [1.807, 2.05) is 20.8 Å². The molecule has 0 amide bonds. The summed E-state index contributed by atoms with van der Waals surface area (Å²) in [6, 6.07) is 2.38. The SMILES string of the molecule is CC(C)C(c1ccc(C(F)(F)F)nn1)C(C)Br. The third-order valence-electron chi connectivity index (χ3n) is 2.53. The average Bonchev–Trinajstić information content (AvgIpc) is 2.15. The average molecular weight is 311 g/mol. The molecule has 17 heavy (non-hydrogen) atoms. The molecule has 6 heteroatoms. The van der Waals surface area contributed by atoms with Crippen LogP contribution in [0, 0.1) is 5.92 Å². The fourth-order valence-electron chi connectivity index (χ4n) is 1.78. The molecule has 0 saturated heterocycles. The minimum absolute atomic E-state index is 0.0461. The molecule has 2 nitrogen and oxygen atoms in total. The van der Waals surface area contributed by atoms with Gasteiger partial charge in [0.1, 0.15) is 0 Å². The zero-order valence-corrected chi connectivity index (χ0v) is 11.4. The maximum absolute atomic E-state index is 12.3. The van der Waals surface area contributed by atoms with Crippen LogP contribution in [0.4, 0.5) is 13.2 Å². The summed E-state index contributed by atoms with van der Waals surface area (Å²) in [6.45, 7) is 5.95. The van der Waals surface area contributed by atoms with Crippen LogP contribution in [0.3, 0.4) is 0 Å². The van der Waals surface area contributed by atoms with Crippen molar-refractivity contribution in [3.63, 3.8) is 0 Å². The molecule has 1 heterocycles. The normalized spacial score (nSPS) is 16.0. The minimum atomic E-state index is -4.43. The molecule has 0 aromatic carbocycles. The molecule has 2 atom stereocenters. The van der Waals surface area contributed by atoms with Gasteiger partial charge in [-0.2, -0.15) is 18.3 Å². The van der Waals surface area contributed by atoms with Gasteiger partial charge in [0, 0.05) is 10.7 Å². The van der Waals surface area contributed by atoms with Gasteiger partial charge in [-0.15, -0.1) is 5.10 Å². The van der Waals surface area contributed by atoms with Crippen molar-refractivity contribution < 1.29 is 13.2 Å². The van der Waals surface area contributed by atoms with Crippen LogP contribution in [0.2, 0.25) is 0 Å². The van der Waals surface area contributed by atoms with Crippen LogP contribution in [0.15, 0.2) is 12.1 Å². The van der Waals surface area contributed by atoms with E-state index in [2.05, 4.69) is 26.1 Å². The summed E-state index contributed by atoms with van der Waals surface area (Å²) >= 11 is 3.45. The lowest BCUT2D eigenvalue weighted by Crippen LogP contribution is -2.18. The number of nitrogens with zero attached hydrogens (tertiary/aromatic N) is 2. The smallest absolute Gasteiger partial charge is 0.164 e. The Morgan fingerprint density at radius 2 is 1.71 bits per heavy atom. The van der Waals surface area contributed by atoms with Gasteiger partial charge in [-0.25, -0.2) is 0 Å². The highest BCUT2D eigenvalue weighted by molar-refractivity contribution is 9.09. The van der Waals surface area contributed by atoms with Gasteiger partial charge in [-0.3, -0.25) is 0 Å². The van der Waals surface area contributed by atoms with Crippen molar-refractivity contribution in [3.05, 3.63) is 23.5 Å². The van der Waals surface area contributed by atoms with Crippen molar-refractivity contribution in [2.45, 2.75) is 37.7 Å². The van der Waals surface area contributed by atoms with Crippen molar-refractivity contribution in [2.24, 2.45) is 5.92 Å². The van der Waals surface area contributed by atoms with E-state index in [9.17, 15) is 13.2 Å². The van der Waals surface area contributed by atoms with E-state index in [1.54, 1.807) is 0 Å². The number of alkyl halides is 4. The quantitative estimate of drug-likeness (QED) is 0.788. The van der Waals surface area contributed by atoms with Gasteiger partial charge in [-0.05, 0) is 18.1 Å². The third-order valence-corrected chi connectivity index (χ3v) is 3.10. The molecule has 0 spiro atoms. The first-order valence-electron chi connectivity index (χ1n) is 5.28. The van der Waals surface area contributed by atoms with Gasteiger partial charge >= 0.3 is 6.18 Å². The van der Waals surface area contributed by atoms with Crippen molar-refractivity contribution in [2.75, 3.05) is 0 Å². The van der Waals surface area contributed by atoms with Gasteiger partial charge in [0.2, 0.25) is 0 Å². The maximum atomic E-state index is 12.3. The molecule has 1 rings (SSSR count). The largest absolute Gasteiger partial charge is 0.435 e. The fourth-order valence-corrected chi connectivity index (χ4v) is 2.66. The van der Waals surface area contributed by atoms with Crippen molar-refractivity contribution in [3.8, 4) is 0 Å². The molecular weight excluding hydrogens is 297 g/mol. The predicted octanol–water partition coefficient (Wildman–Crippen LogP) is 4.02. The summed E-state index contributed by atoms with van der Waals surface area (Å²) in [5, 5.41) is 6.93. The standard InChI is InChI=1S/C11H14BrF3N2/c1-6(2)10(7(3)12)8-4-5-9(17-16-8)11(13,14)15/h4-7,10H,1-3H3. The molecule has 2 unspecified atom stereocenters. The monoisotopic (exact) mass is 310 g/mol. The zero-order chi connectivity index (χ0) is 13.2. The Bertz CT molecular complexity index is 352. The van der Waals surface area contributed by atoms with E-state index in [1.165, 1.54) is 6.07 Å². The minimum Gasteiger partial charge on any atom is -0.164 e. The highest BCUT2D eigenvalue weighted by Crippen LogP contribution is 2.32. The van der Waals surface area contributed by atoms with Crippen LogP contribution in [0.5, 0.6) is 0 Å². The van der Waals surface area contributed by atoms with Gasteiger partial charge < -0.3 is 0 Å². The lowest BCUT2D eigenvalue weighted by atomic mass is 9.90. The summed E-state index contributed by atoms with van der Waals surface area (Å²) in [6.07, 6.45) is -4.43. The van der Waals surface area contributed by atoms with E-state index in [0.717, 1.165) is 6.07 Å². The van der Waals surface area contributed by atoms with Crippen molar-refractivity contribution >= 4 is 15.9 Å². The number of rotatable bonds is 3. The first-order chi connectivity index (χ1) is 7.73. The van der Waals surface area contributed by atoms with Gasteiger partial charge in [0.15, 0.2) is 5.69 Å². The number of hydrogen-bond donors (Lipinski definition) is 0. The molecule has 0 saturated carbocycles. The van der Waals surface area contributed by atoms with E-state index in [-0.39, 0.29) is 16.7 Å².